The molecule has 82 valence electrons. The van der Waals surface area contributed by atoms with E-state index in [4.69, 9.17) is 10.8 Å². The van der Waals surface area contributed by atoms with E-state index in [1.807, 2.05) is 0 Å². The van der Waals surface area contributed by atoms with E-state index in [2.05, 4.69) is 5.32 Å². The molecule has 0 fully saturated rings. The molecule has 14 heavy (non-hydrogen) atoms. The summed E-state index contributed by atoms with van der Waals surface area (Å²) in [6.07, 6.45) is -0.593. The summed E-state index contributed by atoms with van der Waals surface area (Å²) in [7, 11) is 1.55. The fraction of sp³-hybridized carbons (Fsp3) is 0.750. The van der Waals surface area contributed by atoms with Crippen molar-refractivity contribution in [3.8, 4) is 0 Å². The Morgan fingerprint density at radius 3 is 2.36 bits per heavy atom. The first-order valence-corrected chi connectivity index (χ1v) is 4.33. The zero-order chi connectivity index (χ0) is 11.3. The van der Waals surface area contributed by atoms with Crippen LogP contribution >= 0.6 is 0 Å². The molecule has 0 aliphatic carbocycles. The first-order valence-electron chi connectivity index (χ1n) is 4.33. The molecule has 0 bridgehead atoms. The van der Waals surface area contributed by atoms with E-state index in [0.29, 0.717) is 0 Å². The van der Waals surface area contributed by atoms with Crippen molar-refractivity contribution >= 4 is 11.9 Å². The van der Waals surface area contributed by atoms with Gasteiger partial charge in [0.15, 0.2) is 0 Å². The first-order chi connectivity index (χ1) is 6.34. The van der Waals surface area contributed by atoms with Gasteiger partial charge in [-0.3, -0.25) is 4.79 Å². The summed E-state index contributed by atoms with van der Waals surface area (Å²) in [5.41, 5.74) is 4.86. The van der Waals surface area contributed by atoms with Crippen molar-refractivity contribution in [3.05, 3.63) is 0 Å². The standard InChI is InChI=1S/C8H17N3O3/c1-5(12)4-11(3)7(13)6(2)10-8(9)14/h5-6,12H,4H2,1-3H3,(H3,9,10,14). The monoisotopic (exact) mass is 203 g/mol. The average Bonchev–Trinajstić information content (AvgIpc) is 2.00. The summed E-state index contributed by atoms with van der Waals surface area (Å²) < 4.78 is 0. The second-order valence-electron chi connectivity index (χ2n) is 3.30. The van der Waals surface area contributed by atoms with Crippen LogP contribution in [0.2, 0.25) is 0 Å². The molecule has 0 aliphatic rings. The number of carbonyl (C=O) groups excluding carboxylic acids is 2. The molecule has 0 heterocycles. The highest BCUT2D eigenvalue weighted by Crippen LogP contribution is 1.94. The summed E-state index contributed by atoms with van der Waals surface area (Å²) in [4.78, 5) is 23.2. The van der Waals surface area contributed by atoms with Crippen LogP contribution in [0.3, 0.4) is 0 Å². The fourth-order valence-corrected chi connectivity index (χ4v) is 1.09. The van der Waals surface area contributed by atoms with Gasteiger partial charge in [-0.1, -0.05) is 0 Å². The molecule has 0 aromatic heterocycles. The van der Waals surface area contributed by atoms with E-state index in [0.717, 1.165) is 0 Å². The first kappa shape index (κ1) is 12.7. The normalized spacial score (nSPS) is 14.3. The molecular formula is C8H17N3O3. The summed E-state index contributed by atoms with van der Waals surface area (Å²) in [5, 5.41) is 11.3. The van der Waals surface area contributed by atoms with Crippen LogP contribution in [0, 0.1) is 0 Å². The Morgan fingerprint density at radius 1 is 1.50 bits per heavy atom. The number of likely N-dealkylation sites (N-methyl/N-ethyl adjacent to an activating group) is 1. The number of hydrogen-bond acceptors (Lipinski definition) is 3. The Hall–Kier alpha value is -1.30. The third-order valence-corrected chi connectivity index (χ3v) is 1.64. The van der Waals surface area contributed by atoms with Gasteiger partial charge in [0.2, 0.25) is 5.91 Å². The van der Waals surface area contributed by atoms with E-state index in [9.17, 15) is 9.59 Å². The van der Waals surface area contributed by atoms with E-state index >= 15 is 0 Å². The van der Waals surface area contributed by atoms with Crippen LogP contribution in [0.15, 0.2) is 0 Å². The van der Waals surface area contributed by atoms with E-state index in [1.54, 1.807) is 14.0 Å². The number of primary amides is 1. The molecule has 0 spiro atoms. The highest BCUT2D eigenvalue weighted by molar-refractivity contribution is 5.86. The van der Waals surface area contributed by atoms with Gasteiger partial charge in [-0.25, -0.2) is 4.79 Å². The smallest absolute Gasteiger partial charge is 0.312 e. The maximum absolute atomic E-state index is 11.5. The molecule has 0 aromatic carbocycles. The maximum Gasteiger partial charge on any atom is 0.312 e. The quantitative estimate of drug-likeness (QED) is 0.540. The van der Waals surface area contributed by atoms with Gasteiger partial charge in [0, 0.05) is 13.6 Å². The Bertz CT molecular complexity index is 218. The van der Waals surface area contributed by atoms with Crippen LogP contribution in [-0.4, -0.2) is 47.7 Å². The highest BCUT2D eigenvalue weighted by atomic mass is 16.3. The number of amides is 3. The topological polar surface area (TPSA) is 95.7 Å². The largest absolute Gasteiger partial charge is 0.392 e. The minimum atomic E-state index is -0.740. The second-order valence-corrected chi connectivity index (χ2v) is 3.30. The number of carbonyl (C=O) groups is 2. The van der Waals surface area contributed by atoms with Crippen LogP contribution in [0.4, 0.5) is 4.79 Å². The van der Waals surface area contributed by atoms with Crippen molar-refractivity contribution < 1.29 is 14.7 Å². The number of nitrogens with one attached hydrogen (secondary N) is 1. The molecular weight excluding hydrogens is 186 g/mol. The van der Waals surface area contributed by atoms with Crippen LogP contribution in [-0.2, 0) is 4.79 Å². The Balaban J connectivity index is 4.10. The maximum atomic E-state index is 11.5. The van der Waals surface area contributed by atoms with Gasteiger partial charge in [0.05, 0.1) is 6.10 Å². The zero-order valence-corrected chi connectivity index (χ0v) is 8.65. The number of hydrogen-bond donors (Lipinski definition) is 3. The number of nitrogens with zero attached hydrogens (tertiary/aromatic N) is 1. The van der Waals surface area contributed by atoms with Crippen LogP contribution in [0.25, 0.3) is 0 Å². The third kappa shape index (κ3) is 4.66. The Labute approximate surface area is 83.1 Å². The van der Waals surface area contributed by atoms with Gasteiger partial charge in [0.25, 0.3) is 0 Å². The predicted molar refractivity (Wildman–Crippen MR) is 51.5 cm³/mol. The van der Waals surface area contributed by atoms with Gasteiger partial charge >= 0.3 is 6.03 Å². The number of nitrogens with two attached hydrogens (primary N) is 1. The number of aliphatic hydroxyl groups is 1. The lowest BCUT2D eigenvalue weighted by Gasteiger charge is -2.22. The van der Waals surface area contributed by atoms with Crippen molar-refractivity contribution in [1.82, 2.24) is 10.2 Å². The van der Waals surface area contributed by atoms with Gasteiger partial charge in [-0.15, -0.1) is 0 Å². The van der Waals surface area contributed by atoms with Crippen LogP contribution in [0.5, 0.6) is 0 Å². The Kier molecular flexibility index (Phi) is 4.93. The summed E-state index contributed by atoms with van der Waals surface area (Å²) in [6, 6.07) is -1.41. The number of urea groups is 1. The predicted octanol–water partition coefficient (Wildman–Crippen LogP) is -1.12. The molecule has 0 aromatic rings. The lowest BCUT2D eigenvalue weighted by Crippen LogP contribution is -2.48. The minimum absolute atomic E-state index is 0.226. The molecule has 6 nitrogen and oxygen atoms in total. The van der Waals surface area contributed by atoms with Gasteiger partial charge in [-0.05, 0) is 13.8 Å². The van der Waals surface area contributed by atoms with Crippen molar-refractivity contribution in [1.29, 1.82) is 0 Å². The van der Waals surface area contributed by atoms with E-state index < -0.39 is 18.2 Å². The molecule has 0 saturated heterocycles. The molecule has 0 aliphatic heterocycles. The molecule has 2 atom stereocenters. The van der Waals surface area contributed by atoms with Gasteiger partial charge < -0.3 is 21.1 Å². The van der Waals surface area contributed by atoms with Crippen LogP contribution < -0.4 is 11.1 Å². The lowest BCUT2D eigenvalue weighted by molar-refractivity contribution is -0.132. The second kappa shape index (κ2) is 5.43. The third-order valence-electron chi connectivity index (χ3n) is 1.64. The SMILES string of the molecule is CC(O)CN(C)C(=O)C(C)NC(N)=O. The molecule has 0 radical (unpaired) electrons. The van der Waals surface area contributed by atoms with Gasteiger partial charge in [0.1, 0.15) is 6.04 Å². The molecule has 4 N–H and O–H groups in total. The van der Waals surface area contributed by atoms with E-state index in [-0.39, 0.29) is 12.5 Å². The zero-order valence-electron chi connectivity index (χ0n) is 8.65. The number of rotatable bonds is 4. The summed E-state index contributed by atoms with van der Waals surface area (Å²) in [5.74, 6) is -0.287. The van der Waals surface area contributed by atoms with Crippen LogP contribution in [0.1, 0.15) is 13.8 Å². The van der Waals surface area contributed by atoms with Crippen molar-refractivity contribution in [2.24, 2.45) is 5.73 Å². The molecule has 0 saturated carbocycles. The minimum Gasteiger partial charge on any atom is -0.392 e. The number of aliphatic hydroxyl groups excluding tert-OH is 1. The van der Waals surface area contributed by atoms with Crippen molar-refractivity contribution in [3.63, 3.8) is 0 Å². The molecule has 3 amide bonds. The average molecular weight is 203 g/mol. The lowest BCUT2D eigenvalue weighted by atomic mass is 10.2. The van der Waals surface area contributed by atoms with E-state index in [1.165, 1.54) is 11.8 Å². The summed E-state index contributed by atoms with van der Waals surface area (Å²) >= 11 is 0. The van der Waals surface area contributed by atoms with Gasteiger partial charge in [-0.2, -0.15) is 0 Å². The van der Waals surface area contributed by atoms with Crippen molar-refractivity contribution in [2.75, 3.05) is 13.6 Å². The van der Waals surface area contributed by atoms with Crippen molar-refractivity contribution in [2.45, 2.75) is 26.0 Å². The summed E-state index contributed by atoms with van der Waals surface area (Å²) in [6.45, 7) is 3.34. The highest BCUT2D eigenvalue weighted by Gasteiger charge is 2.18. The molecule has 2 unspecified atom stereocenters. The molecule has 0 rings (SSSR count). The fourth-order valence-electron chi connectivity index (χ4n) is 1.09. The Morgan fingerprint density at radius 2 is 2.00 bits per heavy atom. The molecule has 6 heteroatoms.